The summed E-state index contributed by atoms with van der Waals surface area (Å²) >= 11 is 0. The van der Waals surface area contributed by atoms with E-state index in [1.54, 1.807) is 13.8 Å². The van der Waals surface area contributed by atoms with Gasteiger partial charge in [-0.15, -0.1) is 0 Å². The Hall–Kier alpha value is -1.14. The number of hydrogen-bond donors (Lipinski definition) is 2. The molecule has 0 radical (unpaired) electrons. The zero-order valence-corrected chi connectivity index (χ0v) is 22.6. The van der Waals surface area contributed by atoms with Crippen molar-refractivity contribution in [1.82, 2.24) is 0 Å². The zero-order valence-electron chi connectivity index (χ0n) is 22.6. The average Bonchev–Trinajstić information content (AvgIpc) is 2.79. The maximum absolute atomic E-state index is 13.0. The van der Waals surface area contributed by atoms with Crippen molar-refractivity contribution in [3.05, 3.63) is 0 Å². The summed E-state index contributed by atoms with van der Waals surface area (Å²) in [5.74, 6) is -0.636. The van der Waals surface area contributed by atoms with Crippen molar-refractivity contribution in [3.63, 3.8) is 0 Å². The van der Waals surface area contributed by atoms with Gasteiger partial charge in [0.25, 0.3) is 0 Å². The molecule has 2 atom stereocenters. The van der Waals surface area contributed by atoms with Crippen molar-refractivity contribution < 1.29 is 29.3 Å². The molecular weight excluding hydrogens is 432 g/mol. The summed E-state index contributed by atoms with van der Waals surface area (Å²) in [6.45, 7) is 13.3. The molecule has 2 N–H and O–H groups in total. The predicted molar refractivity (Wildman–Crippen MR) is 131 cm³/mol. The van der Waals surface area contributed by atoms with Crippen LogP contribution in [-0.4, -0.2) is 45.6 Å². The van der Waals surface area contributed by atoms with E-state index in [9.17, 15) is 19.8 Å². The molecule has 6 nitrogen and oxygen atoms in total. The van der Waals surface area contributed by atoms with E-state index in [0.717, 1.165) is 25.7 Å². The normalized spacial score (nSPS) is 33.1. The third kappa shape index (κ3) is 4.21. The van der Waals surface area contributed by atoms with Gasteiger partial charge in [-0.05, 0) is 90.4 Å². The molecule has 0 aromatic carbocycles. The third-order valence-corrected chi connectivity index (χ3v) is 10.4. The molecule has 4 aliphatic rings. The van der Waals surface area contributed by atoms with Gasteiger partial charge in [0.1, 0.15) is 5.60 Å². The standard InChI is InChI=1S/C28H48O6/c1-8-23(6,7)22(30)33-16-21(29)34-26-15-20-13-24(18-26,27(31,9-2)10-3)17-25(14-20,19-26)28(32,11-4)12-5/h20,31-32H,8-19H2,1-7H3. The van der Waals surface area contributed by atoms with Gasteiger partial charge >= 0.3 is 11.9 Å². The van der Waals surface area contributed by atoms with Crippen LogP contribution in [0.4, 0.5) is 0 Å². The molecule has 0 aromatic rings. The molecule has 0 aliphatic heterocycles. The molecule has 34 heavy (non-hydrogen) atoms. The Kier molecular flexibility index (Phi) is 7.32. The molecule has 0 heterocycles. The lowest BCUT2D eigenvalue weighted by atomic mass is 9.36. The van der Waals surface area contributed by atoms with Crippen molar-refractivity contribution in [1.29, 1.82) is 0 Å². The van der Waals surface area contributed by atoms with Gasteiger partial charge < -0.3 is 19.7 Å². The monoisotopic (exact) mass is 480 g/mol. The number of hydrogen-bond acceptors (Lipinski definition) is 6. The van der Waals surface area contributed by atoms with Crippen LogP contribution in [0.1, 0.15) is 119 Å². The van der Waals surface area contributed by atoms with E-state index >= 15 is 0 Å². The van der Waals surface area contributed by atoms with Crippen molar-refractivity contribution in [2.24, 2.45) is 22.2 Å². The van der Waals surface area contributed by atoms with Crippen LogP contribution in [0.15, 0.2) is 0 Å². The minimum atomic E-state index is -0.866. The van der Waals surface area contributed by atoms with Gasteiger partial charge in [0.05, 0.1) is 16.6 Å². The van der Waals surface area contributed by atoms with Crippen LogP contribution in [0.25, 0.3) is 0 Å². The van der Waals surface area contributed by atoms with Crippen LogP contribution in [0, 0.1) is 22.2 Å². The molecule has 0 amide bonds. The summed E-state index contributed by atoms with van der Waals surface area (Å²) in [6, 6.07) is 0. The van der Waals surface area contributed by atoms with Crippen molar-refractivity contribution in [2.45, 2.75) is 136 Å². The van der Waals surface area contributed by atoms with E-state index in [1.165, 1.54) is 0 Å². The van der Waals surface area contributed by atoms with Crippen molar-refractivity contribution in [2.75, 3.05) is 6.61 Å². The van der Waals surface area contributed by atoms with Gasteiger partial charge in [0.15, 0.2) is 6.61 Å². The van der Waals surface area contributed by atoms with Crippen molar-refractivity contribution >= 4 is 11.9 Å². The topological polar surface area (TPSA) is 93.1 Å². The van der Waals surface area contributed by atoms with Crippen molar-refractivity contribution in [3.8, 4) is 0 Å². The molecule has 196 valence electrons. The van der Waals surface area contributed by atoms with Gasteiger partial charge in [-0.1, -0.05) is 34.6 Å². The molecule has 4 bridgehead atoms. The number of rotatable bonds is 11. The second-order valence-corrected chi connectivity index (χ2v) is 12.5. The van der Waals surface area contributed by atoms with Gasteiger partial charge in [0.2, 0.25) is 0 Å². The van der Waals surface area contributed by atoms with E-state index in [-0.39, 0.29) is 0 Å². The maximum atomic E-state index is 13.0. The number of carbonyl (C=O) groups is 2. The molecule has 0 spiro atoms. The summed E-state index contributed by atoms with van der Waals surface area (Å²) < 4.78 is 11.6. The third-order valence-electron chi connectivity index (χ3n) is 10.4. The Labute approximate surface area is 206 Å². The Morgan fingerprint density at radius 2 is 1.26 bits per heavy atom. The van der Waals surface area contributed by atoms with Crippen LogP contribution in [0.2, 0.25) is 0 Å². The summed E-state index contributed by atoms with van der Waals surface area (Å²) in [7, 11) is 0. The first kappa shape index (κ1) is 27.4. The smallest absolute Gasteiger partial charge is 0.344 e. The fraction of sp³-hybridized carbons (Fsp3) is 0.929. The summed E-state index contributed by atoms with van der Waals surface area (Å²) in [5.41, 5.74) is -3.90. The second kappa shape index (κ2) is 9.06. The number of ether oxygens (including phenoxy) is 2. The molecule has 4 fully saturated rings. The molecule has 0 saturated heterocycles. The zero-order chi connectivity index (χ0) is 25.6. The predicted octanol–water partition coefficient (Wildman–Crippen LogP) is 5.32. The maximum Gasteiger partial charge on any atom is 0.344 e. The Morgan fingerprint density at radius 3 is 1.68 bits per heavy atom. The van der Waals surface area contributed by atoms with Crippen LogP contribution in [0.5, 0.6) is 0 Å². The molecule has 4 rings (SSSR count). The van der Waals surface area contributed by atoms with E-state index < -0.39 is 51.6 Å². The largest absolute Gasteiger partial charge is 0.456 e. The van der Waals surface area contributed by atoms with Gasteiger partial charge in [0, 0.05) is 10.8 Å². The minimum Gasteiger partial charge on any atom is -0.456 e. The highest BCUT2D eigenvalue weighted by atomic mass is 16.6. The van der Waals surface area contributed by atoms with E-state index in [0.29, 0.717) is 50.9 Å². The summed E-state index contributed by atoms with van der Waals surface area (Å²) in [5, 5.41) is 23.7. The van der Waals surface area contributed by atoms with Crippen LogP contribution in [-0.2, 0) is 19.1 Å². The molecular formula is C28H48O6. The van der Waals surface area contributed by atoms with Crippen LogP contribution < -0.4 is 0 Å². The number of aliphatic hydroxyl groups is 2. The van der Waals surface area contributed by atoms with E-state index in [2.05, 4.69) is 0 Å². The Morgan fingerprint density at radius 1 is 0.794 bits per heavy atom. The molecule has 4 aliphatic carbocycles. The molecule has 4 saturated carbocycles. The average molecular weight is 481 g/mol. The minimum absolute atomic E-state index is 0.292. The quantitative estimate of drug-likeness (QED) is 0.389. The Balaban J connectivity index is 1.93. The lowest BCUT2D eigenvalue weighted by Gasteiger charge is -2.71. The first-order chi connectivity index (χ1) is 15.7. The second-order valence-electron chi connectivity index (χ2n) is 12.5. The molecule has 2 unspecified atom stereocenters. The highest BCUT2D eigenvalue weighted by Crippen LogP contribution is 2.73. The first-order valence-electron chi connectivity index (χ1n) is 13.6. The fourth-order valence-electron chi connectivity index (χ4n) is 8.24. The Bertz CT molecular complexity index is 744. The summed E-state index contributed by atoms with van der Waals surface area (Å²) in [4.78, 5) is 25.4. The van der Waals surface area contributed by atoms with E-state index in [4.69, 9.17) is 9.47 Å². The SMILES string of the molecule is CCC(C)(C)C(=O)OCC(=O)OC12CC3CC(C(O)(CC)CC)(C1)CC(C(O)(CC)CC)(C3)C2. The molecule has 0 aromatic heterocycles. The summed E-state index contributed by atoms with van der Waals surface area (Å²) in [6.07, 6.45) is 7.73. The lowest BCUT2D eigenvalue weighted by molar-refractivity contribution is -0.298. The first-order valence-corrected chi connectivity index (χ1v) is 13.6. The highest BCUT2D eigenvalue weighted by Gasteiger charge is 2.72. The molecule has 6 heteroatoms. The lowest BCUT2D eigenvalue weighted by Crippen LogP contribution is -2.71. The number of esters is 2. The van der Waals surface area contributed by atoms with Crippen LogP contribution in [0.3, 0.4) is 0 Å². The van der Waals surface area contributed by atoms with Gasteiger partial charge in [-0.2, -0.15) is 0 Å². The van der Waals surface area contributed by atoms with Gasteiger partial charge in [-0.25, -0.2) is 4.79 Å². The van der Waals surface area contributed by atoms with Gasteiger partial charge in [-0.3, -0.25) is 4.79 Å². The highest BCUT2D eigenvalue weighted by molar-refractivity contribution is 5.80. The number of carbonyl (C=O) groups excluding carboxylic acids is 2. The van der Waals surface area contributed by atoms with Crippen LogP contribution >= 0.6 is 0 Å². The fourth-order valence-corrected chi connectivity index (χ4v) is 8.24. The van der Waals surface area contributed by atoms with E-state index in [1.807, 2.05) is 34.6 Å².